The maximum absolute atomic E-state index is 12.4. The summed E-state index contributed by atoms with van der Waals surface area (Å²) in [5.74, 6) is 1.27. The van der Waals surface area contributed by atoms with Crippen molar-refractivity contribution in [3.05, 3.63) is 58.6 Å². The first kappa shape index (κ1) is 13.0. The number of hydrogen-bond donors (Lipinski definition) is 0. The van der Waals surface area contributed by atoms with Gasteiger partial charge in [-0.2, -0.15) is 0 Å². The molecule has 0 aromatic heterocycles. The molecule has 3 nitrogen and oxygen atoms in total. The fourth-order valence-electron chi connectivity index (χ4n) is 2.33. The largest absolute Gasteiger partial charge is 0.495 e. The number of rotatable bonds is 3. The summed E-state index contributed by atoms with van der Waals surface area (Å²) in [5, 5.41) is 0.425. The lowest BCUT2D eigenvalue weighted by atomic mass is 10.0. The predicted octanol–water partition coefficient (Wildman–Crippen LogP) is 3.54. The maximum atomic E-state index is 12.4. The van der Waals surface area contributed by atoms with Crippen LogP contribution in [0.1, 0.15) is 15.9 Å². The average Bonchev–Trinajstić information content (AvgIpc) is 2.90. The SMILES string of the molecule is COc1ccc(C(=O)C2Cc3ccccc3O2)cc1Cl. The number of fused-ring (bicyclic) bond motifs is 1. The third-order valence-electron chi connectivity index (χ3n) is 3.38. The monoisotopic (exact) mass is 288 g/mol. The molecule has 0 radical (unpaired) electrons. The molecule has 2 aromatic rings. The lowest BCUT2D eigenvalue weighted by Crippen LogP contribution is -2.25. The van der Waals surface area contributed by atoms with E-state index >= 15 is 0 Å². The highest BCUT2D eigenvalue weighted by molar-refractivity contribution is 6.32. The van der Waals surface area contributed by atoms with E-state index in [1.165, 1.54) is 0 Å². The molecule has 102 valence electrons. The van der Waals surface area contributed by atoms with E-state index in [2.05, 4.69) is 0 Å². The molecule has 1 aliphatic heterocycles. The van der Waals surface area contributed by atoms with Crippen LogP contribution in [0.5, 0.6) is 11.5 Å². The molecule has 1 unspecified atom stereocenters. The fourth-order valence-corrected chi connectivity index (χ4v) is 2.59. The van der Waals surface area contributed by atoms with Crippen molar-refractivity contribution in [1.29, 1.82) is 0 Å². The molecular formula is C16H13ClO3. The lowest BCUT2D eigenvalue weighted by Gasteiger charge is -2.11. The number of ketones is 1. The van der Waals surface area contributed by atoms with Crippen LogP contribution in [0.15, 0.2) is 42.5 Å². The van der Waals surface area contributed by atoms with Crippen molar-refractivity contribution < 1.29 is 14.3 Å². The summed E-state index contributed by atoms with van der Waals surface area (Å²) in [6.07, 6.45) is 0.121. The average molecular weight is 289 g/mol. The maximum Gasteiger partial charge on any atom is 0.203 e. The molecule has 0 fully saturated rings. The summed E-state index contributed by atoms with van der Waals surface area (Å²) in [7, 11) is 1.54. The lowest BCUT2D eigenvalue weighted by molar-refractivity contribution is 0.0824. The summed E-state index contributed by atoms with van der Waals surface area (Å²) in [5.41, 5.74) is 1.60. The van der Waals surface area contributed by atoms with Crippen LogP contribution in [0.25, 0.3) is 0 Å². The van der Waals surface area contributed by atoms with Crippen LogP contribution >= 0.6 is 11.6 Å². The molecule has 0 saturated heterocycles. The first-order valence-electron chi connectivity index (χ1n) is 6.31. The van der Waals surface area contributed by atoms with Gasteiger partial charge in [0, 0.05) is 12.0 Å². The van der Waals surface area contributed by atoms with Crippen LogP contribution in [0.4, 0.5) is 0 Å². The van der Waals surface area contributed by atoms with Gasteiger partial charge in [0.25, 0.3) is 0 Å². The standard InChI is InChI=1S/C16H13ClO3/c1-19-14-7-6-11(8-12(14)17)16(18)15-9-10-4-2-3-5-13(10)20-15/h2-8,15H,9H2,1H3. The van der Waals surface area contributed by atoms with Gasteiger partial charge >= 0.3 is 0 Å². The molecule has 3 rings (SSSR count). The van der Waals surface area contributed by atoms with Gasteiger partial charge in [-0.15, -0.1) is 0 Å². The van der Waals surface area contributed by atoms with Gasteiger partial charge in [-0.05, 0) is 29.8 Å². The molecule has 0 saturated carbocycles. The van der Waals surface area contributed by atoms with E-state index < -0.39 is 6.10 Å². The van der Waals surface area contributed by atoms with Crippen LogP contribution in [-0.2, 0) is 6.42 Å². The number of methoxy groups -OCH3 is 1. The zero-order valence-corrected chi connectivity index (χ0v) is 11.7. The van der Waals surface area contributed by atoms with E-state index in [0.717, 1.165) is 11.3 Å². The van der Waals surface area contributed by atoms with Crippen molar-refractivity contribution in [2.75, 3.05) is 7.11 Å². The van der Waals surface area contributed by atoms with Crippen LogP contribution in [0.2, 0.25) is 5.02 Å². The van der Waals surface area contributed by atoms with E-state index in [-0.39, 0.29) is 5.78 Å². The summed E-state index contributed by atoms with van der Waals surface area (Å²) < 4.78 is 10.8. The van der Waals surface area contributed by atoms with Crippen LogP contribution in [-0.4, -0.2) is 19.0 Å². The Labute approximate surface area is 122 Å². The van der Waals surface area contributed by atoms with Crippen molar-refractivity contribution in [1.82, 2.24) is 0 Å². The molecule has 0 N–H and O–H groups in total. The summed E-state index contributed by atoms with van der Waals surface area (Å²) >= 11 is 6.05. The zero-order valence-electron chi connectivity index (χ0n) is 10.9. The molecule has 2 aromatic carbocycles. The quantitative estimate of drug-likeness (QED) is 0.811. The van der Waals surface area contributed by atoms with Crippen LogP contribution in [0.3, 0.4) is 0 Å². The topological polar surface area (TPSA) is 35.5 Å². The molecule has 0 amide bonds. The van der Waals surface area contributed by atoms with Gasteiger partial charge < -0.3 is 9.47 Å². The number of Topliss-reactive ketones (excluding diaryl/α,β-unsaturated/α-hetero) is 1. The number of benzene rings is 2. The predicted molar refractivity (Wildman–Crippen MR) is 76.9 cm³/mol. The minimum atomic E-state index is -0.475. The number of para-hydroxylation sites is 1. The van der Waals surface area contributed by atoms with Crippen molar-refractivity contribution in [3.63, 3.8) is 0 Å². The Balaban J connectivity index is 1.83. The summed E-state index contributed by atoms with van der Waals surface area (Å²) in [4.78, 5) is 12.4. The molecule has 20 heavy (non-hydrogen) atoms. The van der Waals surface area contributed by atoms with Crippen molar-refractivity contribution in [2.45, 2.75) is 12.5 Å². The van der Waals surface area contributed by atoms with Gasteiger partial charge in [-0.1, -0.05) is 29.8 Å². The normalized spacial score (nSPS) is 16.4. The zero-order chi connectivity index (χ0) is 14.1. The number of ether oxygens (including phenoxy) is 2. The van der Waals surface area contributed by atoms with Crippen LogP contribution in [0, 0.1) is 0 Å². The first-order valence-corrected chi connectivity index (χ1v) is 6.69. The third-order valence-corrected chi connectivity index (χ3v) is 3.67. The van der Waals surface area contributed by atoms with E-state index in [9.17, 15) is 4.79 Å². The Morgan fingerprint density at radius 1 is 1.30 bits per heavy atom. The number of hydrogen-bond acceptors (Lipinski definition) is 3. The van der Waals surface area contributed by atoms with Gasteiger partial charge in [0.1, 0.15) is 11.5 Å². The smallest absolute Gasteiger partial charge is 0.203 e. The molecule has 1 heterocycles. The van der Waals surface area contributed by atoms with Crippen molar-refractivity contribution in [2.24, 2.45) is 0 Å². The van der Waals surface area contributed by atoms with Gasteiger partial charge in [0.15, 0.2) is 6.10 Å². The third kappa shape index (κ3) is 2.25. The second kappa shape index (κ2) is 5.17. The molecule has 0 bridgehead atoms. The Kier molecular flexibility index (Phi) is 3.36. The van der Waals surface area contributed by atoms with E-state index in [1.54, 1.807) is 25.3 Å². The van der Waals surface area contributed by atoms with Gasteiger partial charge in [-0.25, -0.2) is 0 Å². The Hall–Kier alpha value is -2.00. The Morgan fingerprint density at radius 2 is 2.10 bits per heavy atom. The second-order valence-corrected chi connectivity index (χ2v) is 5.04. The Morgan fingerprint density at radius 3 is 2.80 bits per heavy atom. The number of halogens is 1. The summed E-state index contributed by atoms with van der Waals surface area (Å²) in [6.45, 7) is 0. The van der Waals surface area contributed by atoms with E-state index in [0.29, 0.717) is 22.8 Å². The highest BCUT2D eigenvalue weighted by Gasteiger charge is 2.29. The van der Waals surface area contributed by atoms with Gasteiger partial charge in [0.05, 0.1) is 12.1 Å². The van der Waals surface area contributed by atoms with Gasteiger partial charge in [-0.3, -0.25) is 4.79 Å². The van der Waals surface area contributed by atoms with Crippen molar-refractivity contribution >= 4 is 17.4 Å². The fraction of sp³-hybridized carbons (Fsp3) is 0.188. The highest BCUT2D eigenvalue weighted by atomic mass is 35.5. The van der Waals surface area contributed by atoms with Crippen LogP contribution < -0.4 is 9.47 Å². The molecule has 1 atom stereocenters. The first-order chi connectivity index (χ1) is 9.69. The molecule has 0 aliphatic carbocycles. The molecule has 1 aliphatic rings. The molecule has 4 heteroatoms. The van der Waals surface area contributed by atoms with E-state index in [1.807, 2.05) is 24.3 Å². The molecule has 0 spiro atoms. The number of carbonyl (C=O) groups is 1. The minimum absolute atomic E-state index is 0.0641. The molecular weight excluding hydrogens is 276 g/mol. The number of carbonyl (C=O) groups excluding carboxylic acids is 1. The van der Waals surface area contributed by atoms with Crippen molar-refractivity contribution in [3.8, 4) is 11.5 Å². The van der Waals surface area contributed by atoms with E-state index in [4.69, 9.17) is 21.1 Å². The second-order valence-electron chi connectivity index (χ2n) is 4.63. The highest BCUT2D eigenvalue weighted by Crippen LogP contribution is 2.31. The minimum Gasteiger partial charge on any atom is -0.495 e. The van der Waals surface area contributed by atoms with Gasteiger partial charge in [0.2, 0.25) is 5.78 Å². The summed E-state index contributed by atoms with van der Waals surface area (Å²) in [6, 6.07) is 12.7. The Bertz CT molecular complexity index is 642.